The lowest BCUT2D eigenvalue weighted by molar-refractivity contribution is -0.120. The average Bonchev–Trinajstić information content (AvgIpc) is 3.06. The number of para-hydroxylation sites is 1. The number of hydrogen-bond donors (Lipinski definition) is 1. The molecule has 0 saturated heterocycles. The van der Waals surface area contributed by atoms with Crippen LogP contribution in [0.1, 0.15) is 25.0 Å². The van der Waals surface area contributed by atoms with E-state index in [2.05, 4.69) is 24.1 Å². The van der Waals surface area contributed by atoms with Crippen LogP contribution < -0.4 is 15.1 Å². The van der Waals surface area contributed by atoms with E-state index < -0.39 is 0 Å². The number of anilines is 3. The first-order valence-corrected chi connectivity index (χ1v) is 10.9. The van der Waals surface area contributed by atoms with Crippen molar-refractivity contribution in [1.82, 2.24) is 0 Å². The number of hydrogen-bond acceptors (Lipinski definition) is 4. The fourth-order valence-electron chi connectivity index (χ4n) is 4.04. The van der Waals surface area contributed by atoms with Gasteiger partial charge in [-0.25, -0.2) is 4.90 Å². The minimum absolute atomic E-state index is 0.292. The fourth-order valence-corrected chi connectivity index (χ4v) is 4.04. The van der Waals surface area contributed by atoms with Crippen LogP contribution in [0.4, 0.5) is 17.1 Å². The molecule has 1 N–H and O–H groups in total. The molecular weight excluding hydrogens is 398 g/mol. The summed E-state index contributed by atoms with van der Waals surface area (Å²) in [6.07, 6.45) is 0. The van der Waals surface area contributed by atoms with E-state index in [0.717, 1.165) is 30.0 Å². The van der Waals surface area contributed by atoms with Crippen molar-refractivity contribution in [2.75, 3.05) is 28.2 Å². The molecule has 2 amide bonds. The van der Waals surface area contributed by atoms with Gasteiger partial charge in [0.1, 0.15) is 5.70 Å². The Hall–Kier alpha value is -3.86. The van der Waals surface area contributed by atoms with Crippen molar-refractivity contribution >= 4 is 34.4 Å². The van der Waals surface area contributed by atoms with Crippen LogP contribution in [0.5, 0.6) is 0 Å². The average molecular weight is 426 g/mol. The van der Waals surface area contributed by atoms with Crippen LogP contribution in [0.25, 0.3) is 5.57 Å². The summed E-state index contributed by atoms with van der Waals surface area (Å²) in [4.78, 5) is 30.5. The largest absolute Gasteiger partial charge is 0.372 e. The van der Waals surface area contributed by atoms with Gasteiger partial charge in [0, 0.05) is 24.5 Å². The highest BCUT2D eigenvalue weighted by molar-refractivity contribution is 6.46. The van der Waals surface area contributed by atoms with Crippen molar-refractivity contribution in [2.24, 2.45) is 0 Å². The van der Waals surface area contributed by atoms with Crippen LogP contribution in [0.3, 0.4) is 0 Å². The van der Waals surface area contributed by atoms with Gasteiger partial charge in [0.25, 0.3) is 11.8 Å². The minimum atomic E-state index is -0.351. The molecule has 5 nitrogen and oxygen atoms in total. The Bertz CT molecular complexity index is 1160. The first kappa shape index (κ1) is 21.4. The molecule has 1 heterocycles. The highest BCUT2D eigenvalue weighted by Gasteiger charge is 2.40. The van der Waals surface area contributed by atoms with E-state index >= 15 is 0 Å². The standard InChI is InChI=1S/C27H27N3O2/c1-4-29(5-2)22-17-15-21(16-18-22)28-25-24(20-12-7-6-8-13-20)26(31)30(27(25)32)23-14-10-9-11-19(23)3/h6-18,28H,4-5H2,1-3H3. The molecule has 5 heteroatoms. The smallest absolute Gasteiger partial charge is 0.282 e. The molecule has 0 aliphatic carbocycles. The third-order valence-electron chi connectivity index (χ3n) is 5.77. The van der Waals surface area contributed by atoms with Gasteiger partial charge in [-0.3, -0.25) is 9.59 Å². The molecule has 3 aromatic carbocycles. The van der Waals surface area contributed by atoms with Gasteiger partial charge in [-0.05, 0) is 62.2 Å². The lowest BCUT2D eigenvalue weighted by Gasteiger charge is -2.21. The summed E-state index contributed by atoms with van der Waals surface area (Å²) in [7, 11) is 0. The summed E-state index contributed by atoms with van der Waals surface area (Å²) in [5, 5.41) is 3.24. The van der Waals surface area contributed by atoms with Gasteiger partial charge in [-0.1, -0.05) is 48.5 Å². The summed E-state index contributed by atoms with van der Waals surface area (Å²) in [6, 6.07) is 24.7. The number of imide groups is 1. The van der Waals surface area contributed by atoms with Crippen molar-refractivity contribution < 1.29 is 9.59 Å². The van der Waals surface area contributed by atoms with Gasteiger partial charge in [-0.15, -0.1) is 0 Å². The van der Waals surface area contributed by atoms with Crippen LogP contribution in [0.15, 0.2) is 84.6 Å². The fraction of sp³-hybridized carbons (Fsp3) is 0.185. The Balaban J connectivity index is 1.74. The lowest BCUT2D eigenvalue weighted by atomic mass is 10.0. The van der Waals surface area contributed by atoms with Gasteiger partial charge in [-0.2, -0.15) is 0 Å². The molecule has 0 saturated carbocycles. The van der Waals surface area contributed by atoms with Crippen molar-refractivity contribution in [2.45, 2.75) is 20.8 Å². The Labute approximate surface area is 189 Å². The third-order valence-corrected chi connectivity index (χ3v) is 5.77. The van der Waals surface area contributed by atoms with Gasteiger partial charge in [0.05, 0.1) is 11.3 Å². The summed E-state index contributed by atoms with van der Waals surface area (Å²) < 4.78 is 0. The highest BCUT2D eigenvalue weighted by atomic mass is 16.2. The predicted molar refractivity (Wildman–Crippen MR) is 131 cm³/mol. The SMILES string of the molecule is CCN(CC)c1ccc(NC2=C(c3ccccc3)C(=O)N(c3ccccc3C)C2=O)cc1. The van der Waals surface area contributed by atoms with E-state index in [4.69, 9.17) is 0 Å². The molecule has 0 bridgehead atoms. The zero-order chi connectivity index (χ0) is 22.7. The second-order valence-electron chi connectivity index (χ2n) is 7.69. The number of carbonyl (C=O) groups is 2. The predicted octanol–water partition coefficient (Wildman–Crippen LogP) is 5.24. The van der Waals surface area contributed by atoms with Crippen LogP contribution in [0, 0.1) is 6.92 Å². The van der Waals surface area contributed by atoms with Crippen LogP contribution in [-0.2, 0) is 9.59 Å². The molecule has 162 valence electrons. The van der Waals surface area contributed by atoms with Crippen molar-refractivity contribution in [1.29, 1.82) is 0 Å². The van der Waals surface area contributed by atoms with Crippen molar-refractivity contribution in [3.63, 3.8) is 0 Å². The first-order chi connectivity index (χ1) is 15.5. The Morgan fingerprint density at radius 1 is 0.781 bits per heavy atom. The van der Waals surface area contributed by atoms with Crippen LogP contribution >= 0.6 is 0 Å². The van der Waals surface area contributed by atoms with Crippen molar-refractivity contribution in [3.05, 3.63) is 95.7 Å². The molecule has 0 atom stereocenters. The highest BCUT2D eigenvalue weighted by Crippen LogP contribution is 2.35. The molecule has 0 radical (unpaired) electrons. The van der Waals surface area contributed by atoms with E-state index in [9.17, 15) is 9.59 Å². The normalized spacial score (nSPS) is 13.7. The number of nitrogens with one attached hydrogen (secondary N) is 1. The zero-order valence-corrected chi connectivity index (χ0v) is 18.6. The first-order valence-electron chi connectivity index (χ1n) is 10.9. The second kappa shape index (κ2) is 9.10. The number of aryl methyl sites for hydroxylation is 1. The van der Waals surface area contributed by atoms with E-state index in [0.29, 0.717) is 22.5 Å². The zero-order valence-electron chi connectivity index (χ0n) is 18.6. The molecule has 0 unspecified atom stereocenters. The second-order valence-corrected chi connectivity index (χ2v) is 7.69. The van der Waals surface area contributed by atoms with E-state index in [1.807, 2.05) is 79.7 Å². The topological polar surface area (TPSA) is 52.7 Å². The Morgan fingerprint density at radius 2 is 1.41 bits per heavy atom. The van der Waals surface area contributed by atoms with Crippen LogP contribution in [-0.4, -0.2) is 24.9 Å². The number of carbonyl (C=O) groups excluding carboxylic acids is 2. The van der Waals surface area contributed by atoms with E-state index in [1.165, 1.54) is 4.90 Å². The van der Waals surface area contributed by atoms with Crippen LogP contribution in [0.2, 0.25) is 0 Å². The molecule has 0 spiro atoms. The van der Waals surface area contributed by atoms with Gasteiger partial charge >= 0.3 is 0 Å². The minimum Gasteiger partial charge on any atom is -0.372 e. The quantitative estimate of drug-likeness (QED) is 0.526. The maximum absolute atomic E-state index is 13.5. The third kappa shape index (κ3) is 3.89. The Morgan fingerprint density at radius 3 is 2.03 bits per heavy atom. The molecule has 0 aromatic heterocycles. The van der Waals surface area contributed by atoms with Gasteiger partial charge < -0.3 is 10.2 Å². The molecule has 1 aliphatic rings. The number of benzene rings is 3. The number of nitrogens with zero attached hydrogens (tertiary/aromatic N) is 2. The van der Waals surface area contributed by atoms with Gasteiger partial charge in [0.2, 0.25) is 0 Å². The summed E-state index contributed by atoms with van der Waals surface area (Å²) >= 11 is 0. The summed E-state index contributed by atoms with van der Waals surface area (Å²) in [5.41, 5.74) is 4.73. The molecule has 4 rings (SSSR count). The lowest BCUT2D eigenvalue weighted by Crippen LogP contribution is -2.33. The van der Waals surface area contributed by atoms with Crippen molar-refractivity contribution in [3.8, 4) is 0 Å². The van der Waals surface area contributed by atoms with E-state index in [1.54, 1.807) is 6.07 Å². The molecule has 1 aliphatic heterocycles. The maximum Gasteiger partial charge on any atom is 0.282 e. The number of rotatable bonds is 7. The molecule has 32 heavy (non-hydrogen) atoms. The van der Waals surface area contributed by atoms with Gasteiger partial charge in [0.15, 0.2) is 0 Å². The monoisotopic (exact) mass is 425 g/mol. The summed E-state index contributed by atoms with van der Waals surface area (Å²) in [6.45, 7) is 7.98. The summed E-state index contributed by atoms with van der Waals surface area (Å²) in [5.74, 6) is -0.672. The number of amides is 2. The molecular formula is C27H27N3O2. The molecule has 3 aromatic rings. The molecule has 0 fully saturated rings. The Kier molecular flexibility index (Phi) is 6.08. The maximum atomic E-state index is 13.5. The van der Waals surface area contributed by atoms with E-state index in [-0.39, 0.29) is 11.8 Å².